The third-order valence-electron chi connectivity index (χ3n) is 3.98. The molecule has 0 aliphatic carbocycles. The molecule has 1 aromatic rings. The van der Waals surface area contributed by atoms with Crippen LogP contribution in [0, 0.1) is 17.2 Å². The van der Waals surface area contributed by atoms with Gasteiger partial charge in [0.1, 0.15) is 12.2 Å². The van der Waals surface area contributed by atoms with Crippen molar-refractivity contribution in [2.24, 2.45) is 5.92 Å². The summed E-state index contributed by atoms with van der Waals surface area (Å²) in [7, 11) is 0. The van der Waals surface area contributed by atoms with Crippen LogP contribution >= 0.6 is 0 Å². The molecule has 0 saturated carbocycles. The number of hydrogen-bond acceptors (Lipinski definition) is 5. The van der Waals surface area contributed by atoms with Crippen molar-refractivity contribution in [2.45, 2.75) is 46.3 Å². The lowest BCUT2D eigenvalue weighted by molar-refractivity contribution is 0.105. The van der Waals surface area contributed by atoms with Crippen molar-refractivity contribution in [1.82, 2.24) is 24.6 Å². The van der Waals surface area contributed by atoms with Crippen LogP contribution in [-0.4, -0.2) is 56.8 Å². The zero-order valence-corrected chi connectivity index (χ0v) is 13.4. The fourth-order valence-electron chi connectivity index (χ4n) is 2.77. The summed E-state index contributed by atoms with van der Waals surface area (Å²) in [5.41, 5.74) is 0. The van der Waals surface area contributed by atoms with E-state index in [1.165, 1.54) is 0 Å². The van der Waals surface area contributed by atoms with Crippen molar-refractivity contribution in [3.63, 3.8) is 0 Å². The van der Waals surface area contributed by atoms with E-state index in [2.05, 4.69) is 46.7 Å². The van der Waals surface area contributed by atoms with Crippen molar-refractivity contribution in [1.29, 1.82) is 5.26 Å². The molecule has 1 aliphatic rings. The maximum Gasteiger partial charge on any atom is 0.141 e. The minimum Gasteiger partial charge on any atom is -0.293 e. The second-order valence-corrected chi connectivity index (χ2v) is 6.12. The largest absolute Gasteiger partial charge is 0.293 e. The molecule has 0 amide bonds. The number of rotatable bonds is 6. The highest BCUT2D eigenvalue weighted by Crippen LogP contribution is 2.11. The minimum atomic E-state index is 0.0664. The van der Waals surface area contributed by atoms with Gasteiger partial charge in [0.2, 0.25) is 0 Å². The maximum atomic E-state index is 9.14. The van der Waals surface area contributed by atoms with Gasteiger partial charge in [-0.2, -0.15) is 10.4 Å². The molecule has 1 atom stereocenters. The first kappa shape index (κ1) is 15.9. The summed E-state index contributed by atoms with van der Waals surface area (Å²) in [6, 6.07) is 2.46. The van der Waals surface area contributed by atoms with Gasteiger partial charge in [0.15, 0.2) is 0 Å². The van der Waals surface area contributed by atoms with E-state index in [1.54, 1.807) is 6.33 Å². The van der Waals surface area contributed by atoms with Crippen LogP contribution in [0.5, 0.6) is 0 Å². The van der Waals surface area contributed by atoms with Gasteiger partial charge in [0.05, 0.1) is 18.7 Å². The Morgan fingerprint density at radius 2 is 2.00 bits per heavy atom. The summed E-state index contributed by atoms with van der Waals surface area (Å²) in [6.07, 6.45) is 2.55. The van der Waals surface area contributed by atoms with Crippen LogP contribution in [0.2, 0.25) is 0 Å². The first-order valence-corrected chi connectivity index (χ1v) is 7.86. The Morgan fingerprint density at radius 3 is 2.57 bits per heavy atom. The van der Waals surface area contributed by atoms with Crippen molar-refractivity contribution in [3.05, 3.63) is 12.2 Å². The van der Waals surface area contributed by atoms with Crippen LogP contribution in [0.15, 0.2) is 6.33 Å². The fraction of sp³-hybridized carbons (Fsp3) is 0.800. The molecule has 6 nitrogen and oxygen atoms in total. The molecule has 1 aliphatic heterocycles. The third-order valence-corrected chi connectivity index (χ3v) is 3.98. The highest BCUT2D eigenvalue weighted by atomic mass is 15.4. The number of nitriles is 1. The molecule has 1 unspecified atom stereocenters. The molecule has 1 saturated heterocycles. The van der Waals surface area contributed by atoms with E-state index < -0.39 is 0 Å². The first-order chi connectivity index (χ1) is 10.1. The van der Waals surface area contributed by atoms with Crippen LogP contribution in [0.3, 0.4) is 0 Å². The molecule has 0 radical (unpaired) electrons. The molecule has 6 heteroatoms. The molecule has 1 fully saturated rings. The van der Waals surface area contributed by atoms with E-state index in [0.717, 1.165) is 51.5 Å². The van der Waals surface area contributed by atoms with E-state index in [9.17, 15) is 0 Å². The molecule has 0 bridgehead atoms. The highest BCUT2D eigenvalue weighted by molar-refractivity contribution is 4.93. The molecular weight excluding hydrogens is 264 g/mol. The molecule has 2 rings (SSSR count). The van der Waals surface area contributed by atoms with Crippen molar-refractivity contribution >= 4 is 0 Å². The molecule has 0 spiro atoms. The van der Waals surface area contributed by atoms with Gasteiger partial charge in [0.25, 0.3) is 0 Å². The monoisotopic (exact) mass is 290 g/mol. The molecule has 0 aromatic carbocycles. The summed E-state index contributed by atoms with van der Waals surface area (Å²) in [6.45, 7) is 12.1. The zero-order valence-electron chi connectivity index (χ0n) is 13.4. The zero-order chi connectivity index (χ0) is 15.2. The SMILES string of the molecule is CCC(C#N)N1CCN(Cc2ncnn2CC(C)C)CC1. The van der Waals surface area contributed by atoms with Crippen molar-refractivity contribution in [3.8, 4) is 6.07 Å². The van der Waals surface area contributed by atoms with E-state index in [0.29, 0.717) is 5.92 Å². The maximum absolute atomic E-state index is 9.14. The van der Waals surface area contributed by atoms with Crippen molar-refractivity contribution < 1.29 is 0 Å². The number of hydrogen-bond donors (Lipinski definition) is 0. The van der Waals surface area contributed by atoms with E-state index in [-0.39, 0.29) is 6.04 Å². The molecule has 21 heavy (non-hydrogen) atoms. The van der Waals surface area contributed by atoms with Crippen LogP contribution in [-0.2, 0) is 13.1 Å². The standard InChI is InChI=1S/C15H26N6/c1-4-14(9-16)20-7-5-19(6-8-20)11-15-17-12-18-21(15)10-13(2)3/h12-14H,4-8,10-11H2,1-3H3. The average Bonchev–Trinajstić information content (AvgIpc) is 2.88. The van der Waals surface area contributed by atoms with Crippen LogP contribution in [0.1, 0.15) is 33.0 Å². The fourth-order valence-corrected chi connectivity index (χ4v) is 2.77. The molecule has 2 heterocycles. The van der Waals surface area contributed by atoms with E-state index >= 15 is 0 Å². The van der Waals surface area contributed by atoms with Crippen LogP contribution in [0.4, 0.5) is 0 Å². The third kappa shape index (κ3) is 4.26. The molecule has 116 valence electrons. The Labute approximate surface area is 127 Å². The van der Waals surface area contributed by atoms with Crippen LogP contribution in [0.25, 0.3) is 0 Å². The second-order valence-electron chi connectivity index (χ2n) is 6.12. The second kappa shape index (κ2) is 7.53. The predicted molar refractivity (Wildman–Crippen MR) is 81.4 cm³/mol. The van der Waals surface area contributed by atoms with E-state index in [1.807, 2.05) is 4.68 Å². The molecular formula is C15H26N6. The lowest BCUT2D eigenvalue weighted by atomic mass is 10.2. The van der Waals surface area contributed by atoms with Gasteiger partial charge in [0, 0.05) is 32.7 Å². The normalized spacial score (nSPS) is 18.8. The lowest BCUT2D eigenvalue weighted by Gasteiger charge is -2.36. The Balaban J connectivity index is 1.87. The van der Waals surface area contributed by atoms with Gasteiger partial charge in [-0.25, -0.2) is 9.67 Å². The van der Waals surface area contributed by atoms with Crippen LogP contribution < -0.4 is 0 Å². The topological polar surface area (TPSA) is 61.0 Å². The number of nitrogens with zero attached hydrogens (tertiary/aromatic N) is 6. The van der Waals surface area contributed by atoms with Gasteiger partial charge in [-0.05, 0) is 12.3 Å². The van der Waals surface area contributed by atoms with Gasteiger partial charge in [-0.1, -0.05) is 20.8 Å². The summed E-state index contributed by atoms with van der Waals surface area (Å²) in [5, 5.41) is 13.5. The quantitative estimate of drug-likeness (QED) is 0.791. The average molecular weight is 290 g/mol. The van der Waals surface area contributed by atoms with Crippen molar-refractivity contribution in [2.75, 3.05) is 26.2 Å². The summed E-state index contributed by atoms with van der Waals surface area (Å²) >= 11 is 0. The molecule has 0 N–H and O–H groups in total. The van der Waals surface area contributed by atoms with Gasteiger partial charge in [-0.15, -0.1) is 0 Å². The Hall–Kier alpha value is -1.45. The number of piperazine rings is 1. The summed E-state index contributed by atoms with van der Waals surface area (Å²) in [4.78, 5) is 9.09. The summed E-state index contributed by atoms with van der Waals surface area (Å²) in [5.74, 6) is 1.62. The minimum absolute atomic E-state index is 0.0664. The Kier molecular flexibility index (Phi) is 5.71. The lowest BCUT2D eigenvalue weighted by Crippen LogP contribution is -2.49. The number of aromatic nitrogens is 3. The Bertz CT molecular complexity index is 467. The predicted octanol–water partition coefficient (Wildman–Crippen LogP) is 1.35. The van der Waals surface area contributed by atoms with Gasteiger partial charge >= 0.3 is 0 Å². The Morgan fingerprint density at radius 1 is 1.29 bits per heavy atom. The highest BCUT2D eigenvalue weighted by Gasteiger charge is 2.23. The van der Waals surface area contributed by atoms with E-state index in [4.69, 9.17) is 5.26 Å². The van der Waals surface area contributed by atoms with Gasteiger partial charge < -0.3 is 0 Å². The van der Waals surface area contributed by atoms with Gasteiger partial charge in [-0.3, -0.25) is 9.80 Å². The smallest absolute Gasteiger partial charge is 0.141 e. The first-order valence-electron chi connectivity index (χ1n) is 7.86. The molecule has 1 aromatic heterocycles. The summed E-state index contributed by atoms with van der Waals surface area (Å²) < 4.78 is 2.02.